The molecule has 2 aromatic carbocycles. The molecule has 2 nitrogen and oxygen atoms in total. The summed E-state index contributed by atoms with van der Waals surface area (Å²) >= 11 is 0. The zero-order valence-electron chi connectivity index (χ0n) is 14.5. The molecule has 0 saturated carbocycles. The standard InChI is InChI=1S/C21H20F3NO/c1-2-4-18-20-16(11-12-26-18)19-15(5-3-6-17(19)25-20)13-7-9-14(10-8-13)21(22,23)24/h3,5-10,18,25H,2,4,11-12H2,1H3. The van der Waals surface area contributed by atoms with Gasteiger partial charge in [0.25, 0.3) is 0 Å². The fourth-order valence-corrected chi connectivity index (χ4v) is 3.83. The lowest BCUT2D eigenvalue weighted by Crippen LogP contribution is -2.15. The van der Waals surface area contributed by atoms with E-state index in [1.165, 1.54) is 5.56 Å². The van der Waals surface area contributed by atoms with Crippen LogP contribution in [0.2, 0.25) is 0 Å². The number of hydrogen-bond donors (Lipinski definition) is 1. The Kier molecular flexibility index (Phi) is 4.27. The second-order valence-electron chi connectivity index (χ2n) is 6.72. The van der Waals surface area contributed by atoms with E-state index in [9.17, 15) is 13.2 Å². The Labute approximate surface area is 150 Å². The number of H-pyrrole nitrogens is 1. The zero-order valence-corrected chi connectivity index (χ0v) is 14.5. The highest BCUT2D eigenvalue weighted by Gasteiger charge is 2.30. The Morgan fingerprint density at radius 3 is 2.58 bits per heavy atom. The number of aromatic amines is 1. The van der Waals surface area contributed by atoms with Gasteiger partial charge in [-0.25, -0.2) is 0 Å². The van der Waals surface area contributed by atoms with Crippen LogP contribution in [-0.4, -0.2) is 11.6 Å². The van der Waals surface area contributed by atoms with E-state index >= 15 is 0 Å². The van der Waals surface area contributed by atoms with Crippen molar-refractivity contribution < 1.29 is 17.9 Å². The first-order valence-corrected chi connectivity index (χ1v) is 8.91. The minimum absolute atomic E-state index is 0.0663. The average Bonchev–Trinajstić information content (AvgIpc) is 3.01. The molecule has 1 aliphatic heterocycles. The Morgan fingerprint density at radius 1 is 1.12 bits per heavy atom. The molecule has 0 spiro atoms. The number of ether oxygens (including phenoxy) is 1. The summed E-state index contributed by atoms with van der Waals surface area (Å²) in [6.45, 7) is 2.81. The van der Waals surface area contributed by atoms with E-state index in [4.69, 9.17) is 4.74 Å². The lowest BCUT2D eigenvalue weighted by Gasteiger charge is -2.23. The van der Waals surface area contributed by atoms with Crippen molar-refractivity contribution in [3.63, 3.8) is 0 Å². The maximum Gasteiger partial charge on any atom is 0.416 e. The van der Waals surface area contributed by atoms with E-state index in [1.807, 2.05) is 18.2 Å². The molecule has 136 valence electrons. The predicted octanol–water partition coefficient (Wildman–Crippen LogP) is 6.27. The van der Waals surface area contributed by atoms with Crippen LogP contribution in [0.15, 0.2) is 42.5 Å². The summed E-state index contributed by atoms with van der Waals surface area (Å²) in [5.74, 6) is 0. The van der Waals surface area contributed by atoms with Gasteiger partial charge >= 0.3 is 6.18 Å². The topological polar surface area (TPSA) is 25.0 Å². The van der Waals surface area contributed by atoms with Crippen LogP contribution in [0, 0.1) is 0 Å². The SMILES string of the molecule is CCCC1OCCc2c1[nH]c1cccc(-c3ccc(C(F)(F)F)cc3)c21. The van der Waals surface area contributed by atoms with Crippen molar-refractivity contribution in [2.24, 2.45) is 0 Å². The normalized spacial score (nSPS) is 17.5. The number of alkyl halides is 3. The highest BCUT2D eigenvalue weighted by Crippen LogP contribution is 2.40. The van der Waals surface area contributed by atoms with Crippen LogP contribution in [0.25, 0.3) is 22.0 Å². The van der Waals surface area contributed by atoms with Gasteiger partial charge in [0.2, 0.25) is 0 Å². The summed E-state index contributed by atoms with van der Waals surface area (Å²) in [6.07, 6.45) is -1.45. The number of fused-ring (bicyclic) bond motifs is 3. The lowest BCUT2D eigenvalue weighted by molar-refractivity contribution is -0.137. The van der Waals surface area contributed by atoms with Gasteiger partial charge in [-0.3, -0.25) is 0 Å². The Bertz CT molecular complexity index is 925. The van der Waals surface area contributed by atoms with Gasteiger partial charge in [0.1, 0.15) is 0 Å². The van der Waals surface area contributed by atoms with Crippen LogP contribution < -0.4 is 0 Å². The first kappa shape index (κ1) is 17.2. The molecule has 5 heteroatoms. The third kappa shape index (κ3) is 2.90. The second kappa shape index (κ2) is 6.47. The van der Waals surface area contributed by atoms with E-state index in [2.05, 4.69) is 11.9 Å². The second-order valence-corrected chi connectivity index (χ2v) is 6.72. The van der Waals surface area contributed by atoms with Crippen LogP contribution >= 0.6 is 0 Å². The maximum absolute atomic E-state index is 12.8. The van der Waals surface area contributed by atoms with Crippen LogP contribution in [0.4, 0.5) is 13.2 Å². The maximum atomic E-state index is 12.8. The van der Waals surface area contributed by atoms with Crippen molar-refractivity contribution >= 4 is 10.9 Å². The minimum atomic E-state index is -4.32. The van der Waals surface area contributed by atoms with Crippen LogP contribution in [0.5, 0.6) is 0 Å². The van der Waals surface area contributed by atoms with E-state index < -0.39 is 11.7 Å². The van der Waals surface area contributed by atoms with Crippen molar-refractivity contribution in [2.75, 3.05) is 6.61 Å². The molecule has 0 bridgehead atoms. The molecule has 1 atom stereocenters. The fourth-order valence-electron chi connectivity index (χ4n) is 3.83. The van der Waals surface area contributed by atoms with Gasteiger partial charge in [-0.05, 0) is 47.7 Å². The van der Waals surface area contributed by atoms with Crippen molar-refractivity contribution in [3.8, 4) is 11.1 Å². The highest BCUT2D eigenvalue weighted by atomic mass is 19.4. The largest absolute Gasteiger partial charge is 0.416 e. The predicted molar refractivity (Wildman–Crippen MR) is 96.0 cm³/mol. The van der Waals surface area contributed by atoms with Gasteiger partial charge in [0, 0.05) is 16.6 Å². The third-order valence-electron chi connectivity index (χ3n) is 5.03. The lowest BCUT2D eigenvalue weighted by atomic mass is 9.94. The van der Waals surface area contributed by atoms with E-state index in [0.717, 1.165) is 59.1 Å². The van der Waals surface area contributed by atoms with Gasteiger partial charge in [0.15, 0.2) is 0 Å². The monoisotopic (exact) mass is 359 g/mol. The molecule has 1 unspecified atom stereocenters. The highest BCUT2D eigenvalue weighted by molar-refractivity contribution is 5.98. The van der Waals surface area contributed by atoms with Gasteiger partial charge in [-0.2, -0.15) is 13.2 Å². The molecule has 0 saturated heterocycles. The molecule has 1 aromatic heterocycles. The Hall–Kier alpha value is -2.27. The molecule has 2 heterocycles. The van der Waals surface area contributed by atoms with Gasteiger partial charge in [0.05, 0.1) is 18.3 Å². The van der Waals surface area contributed by atoms with Gasteiger partial charge in [-0.15, -0.1) is 0 Å². The first-order valence-electron chi connectivity index (χ1n) is 8.91. The van der Waals surface area contributed by atoms with Crippen molar-refractivity contribution in [1.29, 1.82) is 0 Å². The molecule has 3 aromatic rings. The number of benzene rings is 2. The molecule has 0 fully saturated rings. The Morgan fingerprint density at radius 2 is 1.88 bits per heavy atom. The zero-order chi connectivity index (χ0) is 18.3. The van der Waals surface area contributed by atoms with Gasteiger partial charge < -0.3 is 9.72 Å². The number of rotatable bonds is 3. The number of nitrogens with one attached hydrogen (secondary N) is 1. The average molecular weight is 359 g/mol. The van der Waals surface area contributed by atoms with E-state index in [0.29, 0.717) is 6.61 Å². The van der Waals surface area contributed by atoms with E-state index in [1.54, 1.807) is 12.1 Å². The van der Waals surface area contributed by atoms with Crippen LogP contribution in [0.3, 0.4) is 0 Å². The summed E-state index contributed by atoms with van der Waals surface area (Å²) in [7, 11) is 0. The smallest absolute Gasteiger partial charge is 0.372 e. The van der Waals surface area contributed by atoms with Gasteiger partial charge in [-0.1, -0.05) is 37.6 Å². The fraction of sp³-hybridized carbons (Fsp3) is 0.333. The molecule has 1 N–H and O–H groups in total. The van der Waals surface area contributed by atoms with E-state index in [-0.39, 0.29) is 6.10 Å². The molecular formula is C21H20F3NO. The quantitative estimate of drug-likeness (QED) is 0.586. The molecule has 4 rings (SSSR count). The Balaban J connectivity index is 1.84. The molecule has 0 amide bonds. The molecular weight excluding hydrogens is 339 g/mol. The third-order valence-corrected chi connectivity index (χ3v) is 5.03. The summed E-state index contributed by atoms with van der Waals surface area (Å²) in [4.78, 5) is 3.49. The number of halogens is 3. The summed E-state index contributed by atoms with van der Waals surface area (Å²) in [6, 6.07) is 11.3. The molecule has 26 heavy (non-hydrogen) atoms. The van der Waals surface area contributed by atoms with Crippen molar-refractivity contribution in [3.05, 3.63) is 59.3 Å². The van der Waals surface area contributed by atoms with Crippen molar-refractivity contribution in [1.82, 2.24) is 4.98 Å². The summed E-state index contributed by atoms with van der Waals surface area (Å²) < 4.78 is 44.5. The number of hydrogen-bond acceptors (Lipinski definition) is 1. The molecule has 0 radical (unpaired) electrons. The number of aromatic nitrogens is 1. The van der Waals surface area contributed by atoms with Crippen molar-refractivity contribution in [2.45, 2.75) is 38.5 Å². The van der Waals surface area contributed by atoms with Crippen LogP contribution in [0.1, 0.15) is 42.7 Å². The molecule has 0 aliphatic carbocycles. The first-order chi connectivity index (χ1) is 12.5. The van der Waals surface area contributed by atoms with Crippen LogP contribution in [-0.2, 0) is 17.3 Å². The minimum Gasteiger partial charge on any atom is -0.372 e. The molecule has 1 aliphatic rings. The summed E-state index contributed by atoms with van der Waals surface area (Å²) in [5, 5.41) is 1.10. The summed E-state index contributed by atoms with van der Waals surface area (Å²) in [5.41, 5.74) is 4.50.